The number of ether oxygens (including phenoxy) is 1. The van der Waals surface area contributed by atoms with Crippen molar-refractivity contribution >= 4 is 0 Å². The van der Waals surface area contributed by atoms with Gasteiger partial charge in [0.15, 0.2) is 0 Å². The largest absolute Gasteiger partial charge is 0.379 e. The van der Waals surface area contributed by atoms with Gasteiger partial charge in [0.25, 0.3) is 0 Å². The van der Waals surface area contributed by atoms with E-state index in [4.69, 9.17) is 10.5 Å². The molecule has 1 aliphatic rings. The fourth-order valence-electron chi connectivity index (χ4n) is 2.59. The van der Waals surface area contributed by atoms with Crippen molar-refractivity contribution in [3.8, 4) is 0 Å². The summed E-state index contributed by atoms with van der Waals surface area (Å²) >= 11 is 0. The number of nitrogens with zero attached hydrogens (tertiary/aromatic N) is 1. The molecule has 106 valence electrons. The van der Waals surface area contributed by atoms with Crippen LogP contribution in [0.4, 0.5) is 4.39 Å². The highest BCUT2D eigenvalue weighted by Crippen LogP contribution is 2.24. The monoisotopic (exact) mass is 266 g/mol. The van der Waals surface area contributed by atoms with Crippen molar-refractivity contribution in [1.82, 2.24) is 4.90 Å². The molecule has 0 saturated carbocycles. The predicted molar refractivity (Wildman–Crippen MR) is 74.5 cm³/mol. The molecule has 0 aromatic heterocycles. The van der Waals surface area contributed by atoms with Gasteiger partial charge in [-0.1, -0.05) is 25.1 Å². The van der Waals surface area contributed by atoms with Crippen molar-refractivity contribution in [3.63, 3.8) is 0 Å². The molecule has 1 unspecified atom stereocenters. The van der Waals surface area contributed by atoms with E-state index in [0.29, 0.717) is 13.0 Å². The van der Waals surface area contributed by atoms with Crippen molar-refractivity contribution in [2.75, 3.05) is 39.4 Å². The molecular formula is C15H23FN2O. The predicted octanol–water partition coefficient (Wildman–Crippen LogP) is 1.67. The summed E-state index contributed by atoms with van der Waals surface area (Å²) in [7, 11) is 0. The van der Waals surface area contributed by atoms with Crippen molar-refractivity contribution in [3.05, 3.63) is 35.6 Å². The topological polar surface area (TPSA) is 38.5 Å². The third-order valence-corrected chi connectivity index (χ3v) is 3.78. The van der Waals surface area contributed by atoms with Crippen LogP contribution in [0.5, 0.6) is 0 Å². The van der Waals surface area contributed by atoms with Crippen LogP contribution in [0.15, 0.2) is 24.3 Å². The summed E-state index contributed by atoms with van der Waals surface area (Å²) < 4.78 is 19.1. The van der Waals surface area contributed by atoms with Gasteiger partial charge in [0.1, 0.15) is 5.82 Å². The molecule has 19 heavy (non-hydrogen) atoms. The van der Waals surface area contributed by atoms with E-state index in [9.17, 15) is 4.39 Å². The van der Waals surface area contributed by atoms with Crippen LogP contribution < -0.4 is 5.73 Å². The fourth-order valence-corrected chi connectivity index (χ4v) is 2.59. The van der Waals surface area contributed by atoms with Crippen molar-refractivity contribution in [2.45, 2.75) is 13.3 Å². The molecule has 1 atom stereocenters. The Balaban J connectivity index is 2.02. The van der Waals surface area contributed by atoms with Crippen LogP contribution in [0.1, 0.15) is 12.5 Å². The van der Waals surface area contributed by atoms with Gasteiger partial charge in [-0.05, 0) is 30.0 Å². The molecule has 0 amide bonds. The lowest BCUT2D eigenvalue weighted by molar-refractivity contribution is 0.0197. The third-order valence-electron chi connectivity index (χ3n) is 3.78. The van der Waals surface area contributed by atoms with E-state index in [2.05, 4.69) is 11.8 Å². The molecule has 2 rings (SSSR count). The Bertz CT molecular complexity index is 407. The van der Waals surface area contributed by atoms with Crippen molar-refractivity contribution < 1.29 is 9.13 Å². The van der Waals surface area contributed by atoms with Crippen LogP contribution in [0.2, 0.25) is 0 Å². The summed E-state index contributed by atoms with van der Waals surface area (Å²) in [4.78, 5) is 2.36. The number of rotatable bonds is 5. The molecule has 1 heterocycles. The highest BCUT2D eigenvalue weighted by Gasteiger charge is 2.28. The second-order valence-electron chi connectivity index (χ2n) is 5.67. The Labute approximate surface area is 114 Å². The standard InChI is InChI=1S/C15H23FN2O/c1-15(11-17,12-18-6-8-19-9-7-18)10-13-4-2-3-5-14(13)16/h2-5H,6-12,17H2,1H3. The zero-order chi connectivity index (χ0) is 13.7. The number of hydrogen-bond donors (Lipinski definition) is 1. The molecule has 2 N–H and O–H groups in total. The second-order valence-corrected chi connectivity index (χ2v) is 5.67. The summed E-state index contributed by atoms with van der Waals surface area (Å²) in [5, 5.41) is 0. The summed E-state index contributed by atoms with van der Waals surface area (Å²) in [5.74, 6) is -0.135. The second kappa shape index (κ2) is 6.46. The van der Waals surface area contributed by atoms with E-state index in [1.807, 2.05) is 12.1 Å². The lowest BCUT2D eigenvalue weighted by atomic mass is 9.82. The Hall–Kier alpha value is -0.970. The summed E-state index contributed by atoms with van der Waals surface area (Å²) in [5.41, 5.74) is 6.60. The SMILES string of the molecule is CC(CN)(Cc1ccccc1F)CN1CCOCC1. The summed E-state index contributed by atoms with van der Waals surface area (Å²) in [6.45, 7) is 7.01. The Morgan fingerprint density at radius 2 is 2.00 bits per heavy atom. The molecule has 4 heteroatoms. The van der Waals surface area contributed by atoms with Gasteiger partial charge in [0, 0.05) is 19.6 Å². The number of benzene rings is 1. The maximum absolute atomic E-state index is 13.8. The van der Waals surface area contributed by atoms with Crippen LogP contribution >= 0.6 is 0 Å². The smallest absolute Gasteiger partial charge is 0.126 e. The minimum Gasteiger partial charge on any atom is -0.379 e. The van der Waals surface area contributed by atoms with Gasteiger partial charge in [-0.3, -0.25) is 4.90 Å². The zero-order valence-electron chi connectivity index (χ0n) is 11.6. The molecule has 1 aliphatic heterocycles. The van der Waals surface area contributed by atoms with Crippen LogP contribution in [-0.2, 0) is 11.2 Å². The van der Waals surface area contributed by atoms with Gasteiger partial charge in [0.05, 0.1) is 13.2 Å². The molecule has 1 saturated heterocycles. The average Bonchev–Trinajstić information content (AvgIpc) is 2.42. The van der Waals surface area contributed by atoms with E-state index in [1.165, 1.54) is 6.07 Å². The molecule has 3 nitrogen and oxygen atoms in total. The van der Waals surface area contributed by atoms with Crippen LogP contribution in [0, 0.1) is 11.2 Å². The fraction of sp³-hybridized carbons (Fsp3) is 0.600. The normalized spacial score (nSPS) is 20.2. The Morgan fingerprint density at radius 1 is 1.32 bits per heavy atom. The van der Waals surface area contributed by atoms with Gasteiger partial charge in [-0.25, -0.2) is 4.39 Å². The molecule has 1 aromatic rings. The number of nitrogens with two attached hydrogens (primary N) is 1. The summed E-state index contributed by atoms with van der Waals surface area (Å²) in [6.07, 6.45) is 0.674. The van der Waals surface area contributed by atoms with E-state index in [-0.39, 0.29) is 11.2 Å². The van der Waals surface area contributed by atoms with E-state index in [0.717, 1.165) is 38.4 Å². The van der Waals surface area contributed by atoms with Crippen molar-refractivity contribution in [1.29, 1.82) is 0 Å². The Kier molecular flexibility index (Phi) is 4.91. The van der Waals surface area contributed by atoms with Crippen LogP contribution in [0.3, 0.4) is 0 Å². The third kappa shape index (κ3) is 4.00. The van der Waals surface area contributed by atoms with Gasteiger partial charge in [0.2, 0.25) is 0 Å². The number of morpholine rings is 1. The first kappa shape index (κ1) is 14.4. The number of hydrogen-bond acceptors (Lipinski definition) is 3. The lowest BCUT2D eigenvalue weighted by Gasteiger charge is -2.36. The maximum atomic E-state index is 13.8. The maximum Gasteiger partial charge on any atom is 0.126 e. The highest BCUT2D eigenvalue weighted by atomic mass is 19.1. The minimum absolute atomic E-state index is 0.0977. The zero-order valence-corrected chi connectivity index (χ0v) is 11.6. The van der Waals surface area contributed by atoms with E-state index in [1.54, 1.807) is 6.07 Å². The van der Waals surface area contributed by atoms with E-state index >= 15 is 0 Å². The molecule has 0 radical (unpaired) electrons. The molecular weight excluding hydrogens is 243 g/mol. The number of halogens is 1. The molecule has 0 spiro atoms. The first-order valence-electron chi connectivity index (χ1n) is 6.86. The van der Waals surface area contributed by atoms with Gasteiger partial charge in [-0.15, -0.1) is 0 Å². The molecule has 0 bridgehead atoms. The summed E-state index contributed by atoms with van der Waals surface area (Å²) in [6, 6.07) is 6.97. The van der Waals surface area contributed by atoms with Gasteiger partial charge in [-0.2, -0.15) is 0 Å². The Morgan fingerprint density at radius 3 is 2.63 bits per heavy atom. The molecule has 1 fully saturated rings. The minimum atomic E-state index is -0.135. The molecule has 0 aliphatic carbocycles. The quantitative estimate of drug-likeness (QED) is 0.881. The first-order valence-corrected chi connectivity index (χ1v) is 6.86. The molecule has 1 aromatic carbocycles. The highest BCUT2D eigenvalue weighted by molar-refractivity contribution is 5.19. The van der Waals surface area contributed by atoms with E-state index < -0.39 is 0 Å². The average molecular weight is 266 g/mol. The van der Waals surface area contributed by atoms with Crippen LogP contribution in [-0.4, -0.2) is 44.3 Å². The van der Waals surface area contributed by atoms with Gasteiger partial charge < -0.3 is 10.5 Å². The lowest BCUT2D eigenvalue weighted by Crippen LogP contribution is -2.46. The van der Waals surface area contributed by atoms with Gasteiger partial charge >= 0.3 is 0 Å². The van der Waals surface area contributed by atoms with Crippen LogP contribution in [0.25, 0.3) is 0 Å². The first-order chi connectivity index (χ1) is 9.13. The van der Waals surface area contributed by atoms with Crippen molar-refractivity contribution in [2.24, 2.45) is 11.1 Å².